The zero-order chi connectivity index (χ0) is 17.1. The van der Waals surface area contributed by atoms with Crippen LogP contribution < -0.4 is 5.32 Å². The van der Waals surface area contributed by atoms with Gasteiger partial charge in [0.05, 0.1) is 23.1 Å². The number of rotatable bonds is 4. The monoisotopic (exact) mass is 327 g/mol. The van der Waals surface area contributed by atoms with E-state index in [1.165, 1.54) is 17.9 Å². The summed E-state index contributed by atoms with van der Waals surface area (Å²) in [7, 11) is 1.21. The van der Waals surface area contributed by atoms with Gasteiger partial charge in [0.25, 0.3) is 5.69 Å². The molecule has 3 rings (SSSR count). The molecule has 0 bridgehead atoms. The summed E-state index contributed by atoms with van der Waals surface area (Å²) in [6, 6.07) is 13.2. The van der Waals surface area contributed by atoms with Crippen LogP contribution in [0.25, 0.3) is 11.0 Å². The Bertz CT molecular complexity index is 908. The average molecular weight is 327 g/mol. The lowest BCUT2D eigenvalue weighted by Gasteiger charge is -2.19. The smallest absolute Gasteiger partial charge is 0.408 e. The van der Waals surface area contributed by atoms with Crippen LogP contribution in [0.1, 0.15) is 11.7 Å². The number of nitrogens with one attached hydrogen (secondary N) is 1. The van der Waals surface area contributed by atoms with Gasteiger partial charge < -0.3 is 4.74 Å². The Morgan fingerprint density at radius 3 is 2.71 bits per heavy atom. The Balaban J connectivity index is 2.18. The van der Waals surface area contributed by atoms with E-state index in [0.29, 0.717) is 11.0 Å². The van der Waals surface area contributed by atoms with Crippen molar-refractivity contribution in [3.8, 4) is 0 Å². The molecular weight excluding hydrogens is 314 g/mol. The van der Waals surface area contributed by atoms with E-state index < -0.39 is 17.2 Å². The van der Waals surface area contributed by atoms with Gasteiger partial charge in [-0.05, 0) is 18.2 Å². The molecule has 0 aliphatic heterocycles. The van der Waals surface area contributed by atoms with Gasteiger partial charge in [0.15, 0.2) is 6.17 Å². The van der Waals surface area contributed by atoms with Crippen LogP contribution in [-0.2, 0) is 4.74 Å². The predicted octanol–water partition coefficient (Wildman–Crippen LogP) is 2.24. The molecule has 0 saturated heterocycles. The highest BCUT2D eigenvalue weighted by molar-refractivity contribution is 5.75. The molecule has 1 heterocycles. The number of amides is 1. The number of aromatic nitrogens is 3. The van der Waals surface area contributed by atoms with Crippen LogP contribution in [0, 0.1) is 10.1 Å². The van der Waals surface area contributed by atoms with Gasteiger partial charge in [-0.3, -0.25) is 15.4 Å². The summed E-state index contributed by atoms with van der Waals surface area (Å²) in [6.07, 6.45) is -1.68. The molecule has 0 spiro atoms. The van der Waals surface area contributed by atoms with Crippen molar-refractivity contribution in [2.24, 2.45) is 0 Å². The van der Waals surface area contributed by atoms with E-state index in [0.717, 1.165) is 0 Å². The summed E-state index contributed by atoms with van der Waals surface area (Å²) >= 11 is 0. The molecule has 122 valence electrons. The van der Waals surface area contributed by atoms with E-state index in [-0.39, 0.29) is 11.3 Å². The lowest BCUT2D eigenvalue weighted by Crippen LogP contribution is -2.34. The highest BCUT2D eigenvalue weighted by Gasteiger charge is 2.27. The maximum atomic E-state index is 11.7. The van der Waals surface area contributed by atoms with Gasteiger partial charge in [0.2, 0.25) is 0 Å². The van der Waals surface area contributed by atoms with Gasteiger partial charge in [0.1, 0.15) is 5.52 Å². The molecular formula is C15H13N5O4. The van der Waals surface area contributed by atoms with Gasteiger partial charge in [-0.1, -0.05) is 29.5 Å². The topological polar surface area (TPSA) is 112 Å². The largest absolute Gasteiger partial charge is 0.453 e. The van der Waals surface area contributed by atoms with Gasteiger partial charge in [-0.15, -0.1) is 5.10 Å². The van der Waals surface area contributed by atoms with E-state index >= 15 is 0 Å². The highest BCUT2D eigenvalue weighted by atomic mass is 16.6. The average Bonchev–Trinajstić information content (AvgIpc) is 3.03. The summed E-state index contributed by atoms with van der Waals surface area (Å²) in [5.74, 6) is 0. The van der Waals surface area contributed by atoms with E-state index in [1.54, 1.807) is 42.5 Å². The summed E-state index contributed by atoms with van der Waals surface area (Å²) in [5.41, 5.74) is 1.35. The number of ether oxygens (including phenoxy) is 1. The molecule has 9 heteroatoms. The van der Waals surface area contributed by atoms with Gasteiger partial charge in [-0.25, -0.2) is 9.48 Å². The van der Waals surface area contributed by atoms with Crippen LogP contribution in [0.15, 0.2) is 48.5 Å². The van der Waals surface area contributed by atoms with Crippen molar-refractivity contribution >= 4 is 22.8 Å². The van der Waals surface area contributed by atoms with Gasteiger partial charge >= 0.3 is 6.09 Å². The number of nitro benzene ring substituents is 1. The van der Waals surface area contributed by atoms with Crippen LogP contribution >= 0.6 is 0 Å². The normalized spacial score (nSPS) is 11.9. The maximum absolute atomic E-state index is 11.7. The van der Waals surface area contributed by atoms with Crippen molar-refractivity contribution in [3.05, 3.63) is 64.2 Å². The highest BCUT2D eigenvalue weighted by Crippen LogP contribution is 2.27. The molecule has 0 fully saturated rings. The Hall–Kier alpha value is -3.49. The maximum Gasteiger partial charge on any atom is 0.408 e. The summed E-state index contributed by atoms with van der Waals surface area (Å²) in [4.78, 5) is 22.6. The van der Waals surface area contributed by atoms with E-state index in [9.17, 15) is 14.9 Å². The third-order valence-electron chi connectivity index (χ3n) is 3.49. The molecule has 24 heavy (non-hydrogen) atoms. The van der Waals surface area contributed by atoms with Crippen molar-refractivity contribution in [2.75, 3.05) is 7.11 Å². The second kappa shape index (κ2) is 6.32. The molecule has 2 aromatic carbocycles. The number of carbonyl (C=O) groups is 1. The standard InChI is InChI=1S/C15H13N5O4/c1-24-15(21)16-14(10-6-2-4-8-12(10)20(22)23)19-13-9-5-3-7-11(13)17-18-19/h2-9,14H,1H3,(H,16,21). The molecule has 1 unspecified atom stereocenters. The second-order valence-corrected chi connectivity index (χ2v) is 4.88. The van der Waals surface area contributed by atoms with Crippen LogP contribution in [0.4, 0.5) is 10.5 Å². The first kappa shape index (κ1) is 15.4. The van der Waals surface area contributed by atoms with Gasteiger partial charge in [0, 0.05) is 6.07 Å². The number of benzene rings is 2. The first-order chi connectivity index (χ1) is 11.6. The minimum absolute atomic E-state index is 0.140. The number of para-hydroxylation sites is 2. The number of nitro groups is 1. The van der Waals surface area contributed by atoms with Crippen molar-refractivity contribution in [1.82, 2.24) is 20.3 Å². The molecule has 1 N–H and O–H groups in total. The summed E-state index contributed by atoms with van der Waals surface area (Å²) < 4.78 is 6.04. The number of alkyl carbamates (subject to hydrolysis) is 1. The lowest BCUT2D eigenvalue weighted by atomic mass is 10.1. The number of carbonyl (C=O) groups excluding carboxylic acids is 1. The Kier molecular flexibility index (Phi) is 4.06. The van der Waals surface area contributed by atoms with E-state index in [4.69, 9.17) is 0 Å². The minimum Gasteiger partial charge on any atom is -0.453 e. The minimum atomic E-state index is -0.938. The van der Waals surface area contributed by atoms with Crippen LogP contribution in [0.5, 0.6) is 0 Å². The quantitative estimate of drug-likeness (QED) is 0.581. The lowest BCUT2D eigenvalue weighted by molar-refractivity contribution is -0.385. The van der Waals surface area contributed by atoms with Crippen LogP contribution in [-0.4, -0.2) is 33.1 Å². The molecule has 3 aromatic rings. The van der Waals surface area contributed by atoms with Crippen molar-refractivity contribution in [2.45, 2.75) is 6.17 Å². The number of nitrogens with zero attached hydrogens (tertiary/aromatic N) is 4. The number of hydrogen-bond acceptors (Lipinski definition) is 6. The number of methoxy groups -OCH3 is 1. The molecule has 0 saturated carbocycles. The van der Waals surface area contributed by atoms with Crippen molar-refractivity contribution < 1.29 is 14.5 Å². The third-order valence-corrected chi connectivity index (χ3v) is 3.49. The Morgan fingerprint density at radius 2 is 1.96 bits per heavy atom. The molecule has 0 aliphatic carbocycles. The fourth-order valence-corrected chi connectivity index (χ4v) is 2.40. The van der Waals surface area contributed by atoms with E-state index in [1.807, 2.05) is 0 Å². The molecule has 0 aliphatic rings. The van der Waals surface area contributed by atoms with Crippen LogP contribution in [0.3, 0.4) is 0 Å². The molecule has 1 amide bonds. The van der Waals surface area contributed by atoms with Crippen molar-refractivity contribution in [1.29, 1.82) is 0 Å². The molecule has 1 atom stereocenters. The Labute approximate surface area is 136 Å². The van der Waals surface area contributed by atoms with Crippen LogP contribution in [0.2, 0.25) is 0 Å². The van der Waals surface area contributed by atoms with Crippen molar-refractivity contribution in [3.63, 3.8) is 0 Å². The SMILES string of the molecule is COC(=O)NC(c1ccccc1[N+](=O)[O-])n1nnc2ccccc21. The molecule has 1 aromatic heterocycles. The van der Waals surface area contributed by atoms with Gasteiger partial charge in [-0.2, -0.15) is 0 Å². The number of fused-ring (bicyclic) bond motifs is 1. The zero-order valence-electron chi connectivity index (χ0n) is 12.6. The second-order valence-electron chi connectivity index (χ2n) is 4.88. The molecule has 9 nitrogen and oxygen atoms in total. The van der Waals surface area contributed by atoms with E-state index in [2.05, 4.69) is 20.4 Å². The third kappa shape index (κ3) is 2.74. The fourth-order valence-electron chi connectivity index (χ4n) is 2.40. The zero-order valence-corrected chi connectivity index (χ0v) is 12.6. The summed E-state index contributed by atoms with van der Waals surface area (Å²) in [5, 5.41) is 22.0. The summed E-state index contributed by atoms with van der Waals surface area (Å²) in [6.45, 7) is 0. The molecule has 0 radical (unpaired) electrons. The Morgan fingerprint density at radius 1 is 1.25 bits per heavy atom. The fraction of sp³-hybridized carbons (Fsp3) is 0.133. The first-order valence-corrected chi connectivity index (χ1v) is 6.99. The predicted molar refractivity (Wildman–Crippen MR) is 84.3 cm³/mol. The number of hydrogen-bond donors (Lipinski definition) is 1. The first-order valence-electron chi connectivity index (χ1n) is 6.99.